The largest absolute Gasteiger partial charge is 0.381 e. The van der Waals surface area contributed by atoms with Gasteiger partial charge in [-0.25, -0.2) is 14.4 Å². The van der Waals surface area contributed by atoms with Crippen LogP contribution in [0.5, 0.6) is 0 Å². The van der Waals surface area contributed by atoms with Gasteiger partial charge in [0, 0.05) is 39.8 Å². The van der Waals surface area contributed by atoms with Crippen LogP contribution in [0.1, 0.15) is 22.3 Å². The van der Waals surface area contributed by atoms with Crippen molar-refractivity contribution in [2.45, 2.75) is 13.0 Å². The quantitative estimate of drug-likeness (QED) is 0.469. The number of carbonyl (C=O) groups is 1. The third kappa shape index (κ3) is 2.72. The molecule has 1 amide bonds. The van der Waals surface area contributed by atoms with Crippen LogP contribution < -0.4 is 10.6 Å². The number of pyridine rings is 2. The Balaban J connectivity index is 1.72. The van der Waals surface area contributed by atoms with Gasteiger partial charge >= 0.3 is 0 Å². The summed E-state index contributed by atoms with van der Waals surface area (Å²) in [5.41, 5.74) is 2.30. The van der Waals surface area contributed by atoms with Gasteiger partial charge in [0.05, 0.1) is 16.9 Å². The molecule has 4 aromatic rings. The molecular formula is C22H15FN4OS. The predicted molar refractivity (Wildman–Crippen MR) is 114 cm³/mol. The molecule has 0 bridgehead atoms. The minimum Gasteiger partial charge on any atom is -0.381 e. The second-order valence-electron chi connectivity index (χ2n) is 6.93. The molecule has 3 aromatic heterocycles. The van der Waals surface area contributed by atoms with Crippen molar-refractivity contribution in [3.8, 4) is 23.6 Å². The molecule has 1 aliphatic heterocycles. The van der Waals surface area contributed by atoms with Gasteiger partial charge in [-0.2, -0.15) is 0 Å². The molecule has 29 heavy (non-hydrogen) atoms. The Morgan fingerprint density at radius 2 is 2.14 bits per heavy atom. The summed E-state index contributed by atoms with van der Waals surface area (Å²) < 4.78 is 15.6. The SMILES string of the molecule is C#Cc1nccc(-c2ccc3c(ccc4sc5c(c43)NC[C@@H](C)NC5=O)n2)c1F. The molecule has 5 rings (SSSR count). The highest BCUT2D eigenvalue weighted by molar-refractivity contribution is 7.21. The smallest absolute Gasteiger partial charge is 0.263 e. The molecule has 0 fully saturated rings. The fourth-order valence-electron chi connectivity index (χ4n) is 3.62. The van der Waals surface area contributed by atoms with Crippen molar-refractivity contribution in [3.63, 3.8) is 0 Å². The van der Waals surface area contributed by atoms with Crippen LogP contribution in [0.25, 0.3) is 32.2 Å². The van der Waals surface area contributed by atoms with Gasteiger partial charge in [-0.05, 0) is 43.2 Å². The lowest BCUT2D eigenvalue weighted by atomic mass is 10.1. The average molecular weight is 402 g/mol. The molecular weight excluding hydrogens is 387 g/mol. The number of rotatable bonds is 1. The van der Waals surface area contributed by atoms with Gasteiger partial charge in [0.25, 0.3) is 5.91 Å². The molecule has 1 aromatic carbocycles. The van der Waals surface area contributed by atoms with Gasteiger partial charge in [-0.1, -0.05) is 0 Å². The summed E-state index contributed by atoms with van der Waals surface area (Å²) >= 11 is 1.45. The third-order valence-corrected chi connectivity index (χ3v) is 6.15. The maximum absolute atomic E-state index is 14.6. The molecule has 4 heterocycles. The summed E-state index contributed by atoms with van der Waals surface area (Å²) in [4.78, 5) is 21.7. The highest BCUT2D eigenvalue weighted by atomic mass is 32.1. The Morgan fingerprint density at radius 1 is 1.28 bits per heavy atom. The van der Waals surface area contributed by atoms with E-state index in [1.807, 2.05) is 25.1 Å². The van der Waals surface area contributed by atoms with Crippen molar-refractivity contribution >= 4 is 43.9 Å². The maximum atomic E-state index is 14.6. The molecule has 0 saturated carbocycles. The molecule has 0 radical (unpaired) electrons. The monoisotopic (exact) mass is 402 g/mol. The molecule has 0 unspecified atom stereocenters. The number of hydrogen-bond donors (Lipinski definition) is 2. The number of nitrogens with zero attached hydrogens (tertiary/aromatic N) is 2. The molecule has 0 aliphatic carbocycles. The number of terminal acetylenes is 1. The highest BCUT2D eigenvalue weighted by Gasteiger charge is 2.25. The van der Waals surface area contributed by atoms with E-state index in [2.05, 4.69) is 26.5 Å². The van der Waals surface area contributed by atoms with Crippen LogP contribution in [0.2, 0.25) is 0 Å². The maximum Gasteiger partial charge on any atom is 0.263 e. The van der Waals surface area contributed by atoms with Gasteiger partial charge in [-0.15, -0.1) is 17.8 Å². The van der Waals surface area contributed by atoms with Gasteiger partial charge in [0.1, 0.15) is 10.6 Å². The number of anilines is 1. The van der Waals surface area contributed by atoms with E-state index in [-0.39, 0.29) is 17.6 Å². The lowest BCUT2D eigenvalue weighted by Crippen LogP contribution is -2.34. The topological polar surface area (TPSA) is 66.9 Å². The lowest BCUT2D eigenvalue weighted by Gasteiger charge is -2.10. The zero-order chi connectivity index (χ0) is 20.1. The second-order valence-corrected chi connectivity index (χ2v) is 7.98. The van der Waals surface area contributed by atoms with Gasteiger partial charge in [0.15, 0.2) is 5.82 Å². The van der Waals surface area contributed by atoms with Crippen LogP contribution in [0.3, 0.4) is 0 Å². The van der Waals surface area contributed by atoms with Gasteiger partial charge < -0.3 is 10.6 Å². The first-order chi connectivity index (χ1) is 14.1. The van der Waals surface area contributed by atoms with Crippen molar-refractivity contribution in [2.24, 2.45) is 0 Å². The van der Waals surface area contributed by atoms with Crippen LogP contribution >= 0.6 is 11.3 Å². The Labute approximate surface area is 170 Å². The predicted octanol–water partition coefficient (Wildman–Crippen LogP) is 4.18. The Hall–Kier alpha value is -3.50. The van der Waals surface area contributed by atoms with E-state index in [9.17, 15) is 9.18 Å². The minimum absolute atomic E-state index is 0.0349. The molecule has 0 saturated heterocycles. The van der Waals surface area contributed by atoms with Crippen molar-refractivity contribution in [1.82, 2.24) is 15.3 Å². The van der Waals surface area contributed by atoms with Crippen LogP contribution in [0.15, 0.2) is 36.5 Å². The first-order valence-corrected chi connectivity index (χ1v) is 9.91. The normalized spacial score (nSPS) is 16.0. The molecule has 0 spiro atoms. The van der Waals surface area contributed by atoms with E-state index in [0.717, 1.165) is 21.2 Å². The first kappa shape index (κ1) is 17.6. The molecule has 1 atom stereocenters. The minimum atomic E-state index is -0.556. The number of thiophene rings is 1. The lowest BCUT2D eigenvalue weighted by molar-refractivity contribution is 0.0949. The summed E-state index contributed by atoms with van der Waals surface area (Å²) in [6.07, 6.45) is 6.80. The second kappa shape index (κ2) is 6.54. The summed E-state index contributed by atoms with van der Waals surface area (Å²) in [7, 11) is 0. The zero-order valence-corrected chi connectivity index (χ0v) is 16.2. The number of carbonyl (C=O) groups excluding carboxylic acids is 1. The average Bonchev–Trinajstić information content (AvgIpc) is 3.04. The third-order valence-electron chi connectivity index (χ3n) is 4.99. The van der Waals surface area contributed by atoms with E-state index in [0.29, 0.717) is 28.2 Å². The molecule has 7 heteroatoms. The Bertz CT molecular complexity index is 1350. The van der Waals surface area contributed by atoms with Gasteiger partial charge in [-0.3, -0.25) is 4.79 Å². The Kier molecular flexibility index (Phi) is 3.96. The summed E-state index contributed by atoms with van der Waals surface area (Å²) in [5, 5.41) is 8.25. The van der Waals surface area contributed by atoms with Crippen molar-refractivity contribution in [2.75, 3.05) is 11.9 Å². The summed E-state index contributed by atoms with van der Waals surface area (Å²) in [5.74, 6) is 1.62. The summed E-state index contributed by atoms with van der Waals surface area (Å²) in [6, 6.07) is 9.12. The van der Waals surface area contributed by atoms with Crippen molar-refractivity contribution < 1.29 is 9.18 Å². The number of nitrogens with one attached hydrogen (secondary N) is 2. The number of hydrogen-bond acceptors (Lipinski definition) is 5. The van der Waals surface area contributed by atoms with E-state index in [1.54, 1.807) is 12.1 Å². The van der Waals surface area contributed by atoms with E-state index in [1.165, 1.54) is 17.5 Å². The fourth-order valence-corrected chi connectivity index (χ4v) is 4.72. The molecule has 1 aliphatic rings. The van der Waals surface area contributed by atoms with Gasteiger partial charge in [0.2, 0.25) is 0 Å². The Morgan fingerprint density at radius 3 is 2.97 bits per heavy atom. The number of fused-ring (bicyclic) bond motifs is 5. The standard InChI is InChI=1S/C22H15FN4OS/c1-3-14-19(23)13(8-9-24-14)16-5-4-12-15(27-16)6-7-17-18(12)20-21(29-17)22(28)26-11(2)10-25-20/h1,4-9,11,25H,10H2,2H3,(H,26,28)/t11-/m1/s1. The van der Waals surface area contributed by atoms with Crippen molar-refractivity contribution in [1.29, 1.82) is 0 Å². The number of halogens is 1. The number of aromatic nitrogens is 2. The van der Waals surface area contributed by atoms with Crippen LogP contribution in [0, 0.1) is 18.2 Å². The summed E-state index contributed by atoms with van der Waals surface area (Å²) in [6.45, 7) is 2.60. The van der Waals surface area contributed by atoms with Crippen LogP contribution in [0.4, 0.5) is 10.1 Å². The zero-order valence-electron chi connectivity index (χ0n) is 15.4. The molecule has 5 nitrogen and oxygen atoms in total. The molecule has 142 valence electrons. The van der Waals surface area contributed by atoms with E-state index < -0.39 is 5.82 Å². The first-order valence-electron chi connectivity index (χ1n) is 9.09. The van der Waals surface area contributed by atoms with Crippen molar-refractivity contribution in [3.05, 3.63) is 52.9 Å². The van der Waals surface area contributed by atoms with E-state index in [4.69, 9.17) is 6.42 Å². The number of amides is 1. The molecule has 2 N–H and O–H groups in total. The highest BCUT2D eigenvalue weighted by Crippen LogP contribution is 2.41. The van der Waals surface area contributed by atoms with Crippen LogP contribution in [-0.4, -0.2) is 28.5 Å². The fraction of sp³-hybridized carbons (Fsp3) is 0.136. The van der Waals surface area contributed by atoms with E-state index >= 15 is 0 Å². The van der Waals surface area contributed by atoms with Crippen LogP contribution in [-0.2, 0) is 0 Å². The number of benzene rings is 1.